The zero-order valence-corrected chi connectivity index (χ0v) is 19.9. The number of nitrogens with zero attached hydrogens (tertiary/aromatic N) is 2. The third-order valence-electron chi connectivity index (χ3n) is 5.93. The zero-order chi connectivity index (χ0) is 25.6. The summed E-state index contributed by atoms with van der Waals surface area (Å²) in [7, 11) is 0. The summed E-state index contributed by atoms with van der Waals surface area (Å²) in [4.78, 5) is 38.1. The van der Waals surface area contributed by atoms with Gasteiger partial charge >= 0.3 is 0 Å². The number of aromatic nitrogens is 2. The molecule has 7 nitrogen and oxygen atoms in total. The lowest BCUT2D eigenvalue weighted by molar-refractivity contribution is -0.116. The van der Waals surface area contributed by atoms with Crippen LogP contribution < -0.4 is 16.2 Å². The van der Waals surface area contributed by atoms with Crippen molar-refractivity contribution in [3.8, 4) is 11.3 Å². The number of rotatable bonds is 7. The van der Waals surface area contributed by atoms with E-state index in [9.17, 15) is 14.4 Å². The number of anilines is 2. The molecule has 1 aromatic heterocycles. The van der Waals surface area contributed by atoms with Crippen molar-refractivity contribution in [2.45, 2.75) is 13.0 Å². The molecule has 5 rings (SSSR count). The predicted molar refractivity (Wildman–Crippen MR) is 146 cm³/mol. The molecule has 0 aliphatic heterocycles. The number of aryl methyl sites for hydroxylation is 1. The SMILES string of the molecule is O=C(CCn1nc(-c2ccccc2)c2ccccc2c1=O)Nc1ccc(C(=O)Nc2ccccc2)cc1. The Balaban J connectivity index is 1.27. The molecule has 1 heterocycles. The second kappa shape index (κ2) is 10.7. The standard InChI is InChI=1S/C30H24N4O3/c35-27(31-24-17-15-22(16-18-24)29(36)32-23-11-5-2-6-12-23)19-20-34-30(37)26-14-8-7-13-25(26)28(33-34)21-9-3-1-4-10-21/h1-18H,19-20H2,(H,31,35)(H,32,36). The maximum atomic E-state index is 13.0. The molecule has 182 valence electrons. The van der Waals surface area contributed by atoms with Gasteiger partial charge in [-0.2, -0.15) is 5.10 Å². The van der Waals surface area contributed by atoms with Gasteiger partial charge in [-0.1, -0.05) is 66.7 Å². The Bertz CT molecular complexity index is 1610. The van der Waals surface area contributed by atoms with E-state index >= 15 is 0 Å². The molecule has 0 atom stereocenters. The van der Waals surface area contributed by atoms with Crippen LogP contribution in [0.5, 0.6) is 0 Å². The first-order chi connectivity index (χ1) is 18.1. The Hall–Kier alpha value is -5.04. The molecule has 5 aromatic rings. The number of hydrogen-bond acceptors (Lipinski definition) is 4. The van der Waals surface area contributed by atoms with Crippen molar-refractivity contribution >= 4 is 34.0 Å². The van der Waals surface area contributed by atoms with Crippen molar-refractivity contribution in [1.29, 1.82) is 0 Å². The van der Waals surface area contributed by atoms with E-state index in [0.717, 1.165) is 10.9 Å². The summed E-state index contributed by atoms with van der Waals surface area (Å²) in [5.41, 5.74) is 3.09. The zero-order valence-electron chi connectivity index (χ0n) is 19.9. The molecule has 2 amide bonds. The van der Waals surface area contributed by atoms with Gasteiger partial charge < -0.3 is 10.6 Å². The normalized spacial score (nSPS) is 10.7. The second-order valence-electron chi connectivity index (χ2n) is 8.48. The highest BCUT2D eigenvalue weighted by Gasteiger charge is 2.13. The van der Waals surface area contributed by atoms with Crippen molar-refractivity contribution in [2.75, 3.05) is 10.6 Å². The fourth-order valence-corrected chi connectivity index (χ4v) is 4.06. The lowest BCUT2D eigenvalue weighted by Gasteiger charge is -2.12. The van der Waals surface area contributed by atoms with Crippen LogP contribution in [0.15, 0.2) is 114 Å². The predicted octanol–water partition coefficient (Wildman–Crippen LogP) is 5.34. The average molecular weight is 489 g/mol. The van der Waals surface area contributed by atoms with Crippen LogP contribution in [0.3, 0.4) is 0 Å². The van der Waals surface area contributed by atoms with Gasteiger partial charge in [0.25, 0.3) is 11.5 Å². The van der Waals surface area contributed by atoms with Crippen molar-refractivity contribution in [1.82, 2.24) is 9.78 Å². The Morgan fingerprint density at radius 3 is 1.97 bits per heavy atom. The van der Waals surface area contributed by atoms with Crippen molar-refractivity contribution in [3.05, 3.63) is 125 Å². The number of fused-ring (bicyclic) bond motifs is 1. The van der Waals surface area contributed by atoms with Gasteiger partial charge in [0.15, 0.2) is 0 Å². The van der Waals surface area contributed by atoms with Gasteiger partial charge in [-0.15, -0.1) is 0 Å². The fraction of sp³-hybridized carbons (Fsp3) is 0.0667. The van der Waals surface area contributed by atoms with Crippen molar-refractivity contribution in [2.24, 2.45) is 0 Å². The Labute approximate surface area is 213 Å². The second-order valence-corrected chi connectivity index (χ2v) is 8.48. The molecule has 0 aliphatic carbocycles. The molecule has 0 spiro atoms. The molecule has 0 saturated heterocycles. The van der Waals surface area contributed by atoms with E-state index in [1.807, 2.05) is 78.9 Å². The van der Waals surface area contributed by atoms with E-state index in [1.54, 1.807) is 30.3 Å². The molecule has 37 heavy (non-hydrogen) atoms. The van der Waals surface area contributed by atoms with Crippen molar-refractivity contribution in [3.63, 3.8) is 0 Å². The number of carbonyl (C=O) groups excluding carboxylic acids is 2. The highest BCUT2D eigenvalue weighted by atomic mass is 16.2. The molecule has 0 bridgehead atoms. The van der Waals surface area contributed by atoms with Crippen LogP contribution in [0.1, 0.15) is 16.8 Å². The molecular formula is C30H24N4O3. The maximum absolute atomic E-state index is 13.0. The summed E-state index contributed by atoms with van der Waals surface area (Å²) >= 11 is 0. The summed E-state index contributed by atoms with van der Waals surface area (Å²) in [5, 5.41) is 11.6. The van der Waals surface area contributed by atoms with E-state index < -0.39 is 0 Å². The summed E-state index contributed by atoms with van der Waals surface area (Å²) in [6, 6.07) is 32.8. The van der Waals surface area contributed by atoms with Crippen LogP contribution >= 0.6 is 0 Å². The Kier molecular flexibility index (Phi) is 6.85. The van der Waals surface area contributed by atoms with Crippen LogP contribution in [0.2, 0.25) is 0 Å². The molecule has 0 saturated carbocycles. The molecular weight excluding hydrogens is 464 g/mol. The van der Waals surface area contributed by atoms with Crippen LogP contribution in [-0.4, -0.2) is 21.6 Å². The maximum Gasteiger partial charge on any atom is 0.274 e. The summed E-state index contributed by atoms with van der Waals surface area (Å²) in [5.74, 6) is -0.496. The monoisotopic (exact) mass is 488 g/mol. The van der Waals surface area contributed by atoms with Crippen LogP contribution in [0.4, 0.5) is 11.4 Å². The highest BCUT2D eigenvalue weighted by Crippen LogP contribution is 2.24. The van der Waals surface area contributed by atoms with Gasteiger partial charge in [0.1, 0.15) is 0 Å². The third-order valence-corrected chi connectivity index (χ3v) is 5.93. The number of hydrogen-bond donors (Lipinski definition) is 2. The number of para-hydroxylation sites is 1. The quantitative estimate of drug-likeness (QED) is 0.323. The molecule has 0 fully saturated rings. The van der Waals surface area contributed by atoms with E-state index in [1.165, 1.54) is 4.68 Å². The number of amides is 2. The lowest BCUT2D eigenvalue weighted by Crippen LogP contribution is -2.26. The van der Waals surface area contributed by atoms with Crippen LogP contribution in [0.25, 0.3) is 22.0 Å². The minimum atomic E-state index is -0.260. The van der Waals surface area contributed by atoms with Gasteiger partial charge in [-0.25, -0.2) is 4.68 Å². The molecule has 0 radical (unpaired) electrons. The molecule has 0 unspecified atom stereocenters. The topological polar surface area (TPSA) is 93.1 Å². The molecule has 4 aromatic carbocycles. The minimum absolute atomic E-state index is 0.0652. The van der Waals surface area contributed by atoms with Crippen LogP contribution in [-0.2, 0) is 11.3 Å². The summed E-state index contributed by atoms with van der Waals surface area (Å²) in [6.45, 7) is 0.132. The number of nitrogens with one attached hydrogen (secondary N) is 2. The van der Waals surface area contributed by atoms with E-state index in [0.29, 0.717) is 28.0 Å². The van der Waals surface area contributed by atoms with Gasteiger partial charge in [0.2, 0.25) is 5.91 Å². The average Bonchev–Trinajstić information content (AvgIpc) is 2.94. The first-order valence-electron chi connectivity index (χ1n) is 11.9. The molecule has 7 heteroatoms. The van der Waals surface area contributed by atoms with Crippen LogP contribution in [0, 0.1) is 0 Å². The molecule has 0 aliphatic rings. The first-order valence-corrected chi connectivity index (χ1v) is 11.9. The van der Waals surface area contributed by atoms with Gasteiger partial charge in [0, 0.05) is 34.3 Å². The lowest BCUT2D eigenvalue weighted by atomic mass is 10.1. The smallest absolute Gasteiger partial charge is 0.274 e. The fourth-order valence-electron chi connectivity index (χ4n) is 4.06. The van der Waals surface area contributed by atoms with E-state index in [-0.39, 0.29) is 30.3 Å². The third kappa shape index (κ3) is 5.46. The van der Waals surface area contributed by atoms with Gasteiger partial charge in [-0.3, -0.25) is 14.4 Å². The first kappa shape index (κ1) is 23.7. The summed E-state index contributed by atoms with van der Waals surface area (Å²) in [6.07, 6.45) is 0.0652. The van der Waals surface area contributed by atoms with Gasteiger partial charge in [-0.05, 0) is 42.5 Å². The number of benzene rings is 4. The van der Waals surface area contributed by atoms with E-state index in [2.05, 4.69) is 15.7 Å². The van der Waals surface area contributed by atoms with Crippen molar-refractivity contribution < 1.29 is 9.59 Å². The van der Waals surface area contributed by atoms with E-state index in [4.69, 9.17) is 0 Å². The minimum Gasteiger partial charge on any atom is -0.326 e. The largest absolute Gasteiger partial charge is 0.326 e. The summed E-state index contributed by atoms with van der Waals surface area (Å²) < 4.78 is 1.35. The molecule has 2 N–H and O–H groups in total. The Morgan fingerprint density at radius 1 is 0.676 bits per heavy atom. The Morgan fingerprint density at radius 2 is 1.27 bits per heavy atom. The van der Waals surface area contributed by atoms with Gasteiger partial charge in [0.05, 0.1) is 17.6 Å². The number of carbonyl (C=O) groups is 2. The highest BCUT2D eigenvalue weighted by molar-refractivity contribution is 6.04.